The number of phosphoric acid groups is 1. The fourth-order valence-corrected chi connectivity index (χ4v) is 8.36. The molecule has 6 N–H and O–H groups in total. The predicted octanol–water partition coefficient (Wildman–Crippen LogP) is 10.3. The van der Waals surface area contributed by atoms with Gasteiger partial charge in [0.1, 0.15) is 43.2 Å². The largest absolute Gasteiger partial charge is 0.472 e. The van der Waals surface area contributed by atoms with Gasteiger partial charge in [0.25, 0.3) is 0 Å². The van der Waals surface area contributed by atoms with Crippen molar-refractivity contribution in [1.29, 1.82) is 0 Å². The molecular formula is C50H89O13P. The Bertz CT molecular complexity index is 1300. The molecule has 1 aliphatic carbocycles. The first-order chi connectivity index (χ1) is 30.9. The number of allylic oxidation sites excluding steroid dienone is 8. The number of aliphatic hydroxyl groups excluding tert-OH is 5. The van der Waals surface area contributed by atoms with Crippen LogP contribution < -0.4 is 0 Å². The van der Waals surface area contributed by atoms with Crippen LogP contribution in [0.15, 0.2) is 48.6 Å². The monoisotopic (exact) mass is 929 g/mol. The Morgan fingerprint density at radius 3 is 1.31 bits per heavy atom. The first-order valence-electron chi connectivity index (χ1n) is 24.9. The number of hydrogen-bond acceptors (Lipinski definition) is 12. The molecule has 0 spiro atoms. The van der Waals surface area contributed by atoms with Gasteiger partial charge in [-0.25, -0.2) is 4.57 Å². The molecule has 14 heteroatoms. The van der Waals surface area contributed by atoms with Gasteiger partial charge in [0.05, 0.1) is 6.61 Å². The zero-order valence-electron chi connectivity index (χ0n) is 39.6. The molecule has 1 aliphatic rings. The van der Waals surface area contributed by atoms with Crippen molar-refractivity contribution in [2.45, 2.75) is 243 Å². The van der Waals surface area contributed by atoms with E-state index in [-0.39, 0.29) is 12.8 Å². The van der Waals surface area contributed by atoms with E-state index in [1.54, 1.807) is 0 Å². The minimum absolute atomic E-state index is 0.0914. The third-order valence-corrected chi connectivity index (χ3v) is 12.4. The summed E-state index contributed by atoms with van der Waals surface area (Å²) < 4.78 is 33.6. The SMILES string of the molecule is CCCCC/C=C/C/C=C/C/C=C/C/C=C/CCCCCC(=O)OC[C@@H](COP(=O)(O)OC1C(O)C(O)C(O)[C@H](O)C1O)OC(=O)CCCCCCCCCCCCCCCCCC. The second-order valence-electron chi connectivity index (χ2n) is 17.3. The highest BCUT2D eigenvalue weighted by molar-refractivity contribution is 7.47. The van der Waals surface area contributed by atoms with E-state index in [2.05, 4.69) is 62.5 Å². The van der Waals surface area contributed by atoms with E-state index in [0.29, 0.717) is 12.8 Å². The Balaban J connectivity index is 2.45. The lowest BCUT2D eigenvalue weighted by Gasteiger charge is -2.41. The van der Waals surface area contributed by atoms with Crippen LogP contribution in [-0.4, -0.2) is 98.3 Å². The van der Waals surface area contributed by atoms with Gasteiger partial charge in [0.15, 0.2) is 6.10 Å². The maximum atomic E-state index is 12.8. The molecule has 372 valence electrons. The molecule has 1 saturated carbocycles. The van der Waals surface area contributed by atoms with Gasteiger partial charge in [-0.1, -0.05) is 178 Å². The lowest BCUT2D eigenvalue weighted by Crippen LogP contribution is -2.64. The highest BCUT2D eigenvalue weighted by Crippen LogP contribution is 2.47. The number of unbranched alkanes of at least 4 members (excludes halogenated alkanes) is 21. The summed E-state index contributed by atoms with van der Waals surface area (Å²) in [5.41, 5.74) is 0. The molecule has 6 unspecified atom stereocenters. The summed E-state index contributed by atoms with van der Waals surface area (Å²) in [6, 6.07) is 0. The number of phosphoric ester groups is 1. The van der Waals surface area contributed by atoms with Crippen LogP contribution in [0.3, 0.4) is 0 Å². The Morgan fingerprint density at radius 2 is 0.844 bits per heavy atom. The summed E-state index contributed by atoms with van der Waals surface area (Å²) in [6.07, 6.45) is 34.4. The molecule has 0 saturated heterocycles. The number of hydrogen-bond donors (Lipinski definition) is 6. The Morgan fingerprint density at radius 1 is 0.484 bits per heavy atom. The van der Waals surface area contributed by atoms with Crippen LogP contribution in [0.1, 0.15) is 200 Å². The number of carbonyl (C=O) groups is 2. The summed E-state index contributed by atoms with van der Waals surface area (Å²) >= 11 is 0. The molecule has 13 nitrogen and oxygen atoms in total. The van der Waals surface area contributed by atoms with Crippen molar-refractivity contribution in [1.82, 2.24) is 0 Å². The van der Waals surface area contributed by atoms with Crippen LogP contribution in [-0.2, 0) is 32.7 Å². The molecule has 0 amide bonds. The molecule has 0 radical (unpaired) electrons. The molecule has 0 aromatic rings. The summed E-state index contributed by atoms with van der Waals surface area (Å²) in [7, 11) is -5.13. The van der Waals surface area contributed by atoms with Crippen molar-refractivity contribution in [2.75, 3.05) is 13.2 Å². The average molecular weight is 929 g/mol. The van der Waals surface area contributed by atoms with E-state index in [1.807, 2.05) is 0 Å². The average Bonchev–Trinajstić information content (AvgIpc) is 3.28. The third-order valence-electron chi connectivity index (χ3n) is 11.4. The van der Waals surface area contributed by atoms with Crippen LogP contribution >= 0.6 is 7.82 Å². The first kappa shape index (κ1) is 59.8. The van der Waals surface area contributed by atoms with Gasteiger partial charge in [-0.3, -0.25) is 18.6 Å². The molecule has 64 heavy (non-hydrogen) atoms. The molecule has 1 rings (SSSR count). The van der Waals surface area contributed by atoms with Crippen molar-refractivity contribution in [3.05, 3.63) is 48.6 Å². The quantitative estimate of drug-likeness (QED) is 0.0146. The number of aliphatic hydroxyl groups is 5. The van der Waals surface area contributed by atoms with Crippen LogP contribution in [0.2, 0.25) is 0 Å². The van der Waals surface area contributed by atoms with E-state index in [4.69, 9.17) is 18.5 Å². The fraction of sp³-hybridized carbons (Fsp3) is 0.800. The molecule has 0 aliphatic heterocycles. The molecule has 0 aromatic carbocycles. The zero-order chi connectivity index (χ0) is 47.1. The molecule has 0 heterocycles. The van der Waals surface area contributed by atoms with Crippen molar-refractivity contribution in [3.8, 4) is 0 Å². The summed E-state index contributed by atoms with van der Waals surface area (Å²) in [5.74, 6) is -1.13. The Hall–Kier alpha value is -2.19. The minimum Gasteiger partial charge on any atom is -0.462 e. The van der Waals surface area contributed by atoms with Gasteiger partial charge in [0.2, 0.25) is 0 Å². The maximum Gasteiger partial charge on any atom is 0.472 e. The first-order valence-corrected chi connectivity index (χ1v) is 26.4. The van der Waals surface area contributed by atoms with E-state index in [1.165, 1.54) is 89.9 Å². The molecule has 0 bridgehead atoms. The second-order valence-corrected chi connectivity index (χ2v) is 18.7. The van der Waals surface area contributed by atoms with E-state index >= 15 is 0 Å². The van der Waals surface area contributed by atoms with E-state index < -0.39 is 75.7 Å². The fourth-order valence-electron chi connectivity index (χ4n) is 7.39. The topological polar surface area (TPSA) is 210 Å². The van der Waals surface area contributed by atoms with Gasteiger partial charge >= 0.3 is 19.8 Å². The van der Waals surface area contributed by atoms with Crippen LogP contribution in [0, 0.1) is 0 Å². The highest BCUT2D eigenvalue weighted by Gasteiger charge is 2.51. The van der Waals surface area contributed by atoms with Gasteiger partial charge in [-0.2, -0.15) is 0 Å². The lowest BCUT2D eigenvalue weighted by molar-refractivity contribution is -0.220. The normalized spacial score (nSPS) is 21.9. The van der Waals surface area contributed by atoms with Gasteiger partial charge < -0.3 is 39.9 Å². The summed E-state index contributed by atoms with van der Waals surface area (Å²) in [4.78, 5) is 35.8. The van der Waals surface area contributed by atoms with Crippen LogP contribution in [0.25, 0.3) is 0 Å². The standard InChI is InChI=1S/C50H89O13P/c1-3-5-7-9-11-13-15-17-19-21-22-23-25-26-28-30-32-34-36-38-43(51)60-40-42(41-61-64(58,59)63-50-48(56)46(54)45(53)47(55)49(50)57)62-44(52)39-37-35-33-31-29-27-24-20-18-16-14-12-10-8-6-4-2/h11,13,17,19,22-23,26,28,42,45-50,53-57H,3-10,12,14-16,18,20-21,24-25,27,29-41H2,1-2H3,(H,58,59)/b13-11+,19-17+,23-22+,28-26+/t42-,45?,46-,47?,48?,49?,50?/m0/s1. The predicted molar refractivity (Wildman–Crippen MR) is 253 cm³/mol. The van der Waals surface area contributed by atoms with Gasteiger partial charge in [0, 0.05) is 12.8 Å². The Labute approximate surface area is 386 Å². The van der Waals surface area contributed by atoms with Crippen molar-refractivity contribution < 1.29 is 63.1 Å². The third kappa shape index (κ3) is 31.7. The number of carbonyl (C=O) groups excluding carboxylic acids is 2. The summed E-state index contributed by atoms with van der Waals surface area (Å²) in [6.45, 7) is 3.26. The van der Waals surface area contributed by atoms with E-state index in [0.717, 1.165) is 70.6 Å². The molecular weight excluding hydrogens is 840 g/mol. The van der Waals surface area contributed by atoms with Crippen molar-refractivity contribution in [3.63, 3.8) is 0 Å². The Kier molecular flexibility index (Phi) is 37.3. The van der Waals surface area contributed by atoms with Gasteiger partial charge in [-0.15, -0.1) is 0 Å². The maximum absolute atomic E-state index is 12.8. The number of ether oxygens (including phenoxy) is 2. The number of rotatable bonds is 41. The van der Waals surface area contributed by atoms with Crippen LogP contribution in [0.4, 0.5) is 0 Å². The second kappa shape index (κ2) is 39.9. The van der Waals surface area contributed by atoms with Crippen molar-refractivity contribution in [2.24, 2.45) is 0 Å². The van der Waals surface area contributed by atoms with E-state index in [9.17, 15) is 44.6 Å². The molecule has 1 fully saturated rings. The number of esters is 2. The van der Waals surface area contributed by atoms with Crippen LogP contribution in [0.5, 0.6) is 0 Å². The minimum atomic E-state index is -5.13. The zero-order valence-corrected chi connectivity index (χ0v) is 40.5. The smallest absolute Gasteiger partial charge is 0.462 e. The molecule has 8 atom stereocenters. The van der Waals surface area contributed by atoms with Crippen molar-refractivity contribution >= 4 is 19.8 Å². The summed E-state index contributed by atoms with van der Waals surface area (Å²) in [5, 5.41) is 50.2. The molecule has 0 aromatic heterocycles. The highest BCUT2D eigenvalue weighted by atomic mass is 31.2. The van der Waals surface area contributed by atoms with Gasteiger partial charge in [-0.05, 0) is 57.8 Å². The lowest BCUT2D eigenvalue weighted by atomic mass is 9.85.